The predicted octanol–water partition coefficient (Wildman–Crippen LogP) is 1.22. The largest absolute Gasteiger partial charge is 0.506 e. The van der Waals surface area contributed by atoms with Crippen molar-refractivity contribution in [3.8, 4) is 11.5 Å². The van der Waals surface area contributed by atoms with Crippen LogP contribution in [-0.2, 0) is 17.1 Å². The number of sulfonamides is 1. The number of aromatic nitrogens is 2. The van der Waals surface area contributed by atoms with E-state index >= 15 is 0 Å². The van der Waals surface area contributed by atoms with E-state index in [0.717, 1.165) is 12.1 Å². The number of ether oxygens (including phenoxy) is 1. The number of methoxy groups -OCH3 is 1. The first-order valence-corrected chi connectivity index (χ1v) is 8.76. The number of rotatable bonds is 6. The third-order valence-electron chi connectivity index (χ3n) is 4.14. The molecule has 1 heterocycles. The van der Waals surface area contributed by atoms with Crippen LogP contribution in [0, 0.1) is 5.92 Å². The van der Waals surface area contributed by atoms with Crippen LogP contribution in [0.1, 0.15) is 18.0 Å². The van der Waals surface area contributed by atoms with Gasteiger partial charge in [0.25, 0.3) is 0 Å². The lowest BCUT2D eigenvalue weighted by Crippen LogP contribution is -2.26. The monoisotopic (exact) mass is 337 g/mol. The van der Waals surface area contributed by atoms with E-state index in [1.54, 1.807) is 6.20 Å². The van der Waals surface area contributed by atoms with Gasteiger partial charge in [-0.3, -0.25) is 4.68 Å². The summed E-state index contributed by atoms with van der Waals surface area (Å²) in [5.41, 5.74) is 1.11. The molecule has 1 fully saturated rings. The van der Waals surface area contributed by atoms with Crippen LogP contribution in [0.4, 0.5) is 0 Å². The van der Waals surface area contributed by atoms with Crippen molar-refractivity contribution < 1.29 is 18.3 Å². The molecule has 0 unspecified atom stereocenters. The van der Waals surface area contributed by atoms with Crippen LogP contribution in [0.3, 0.4) is 0 Å². The Kier molecular flexibility index (Phi) is 4.03. The molecule has 1 aliphatic carbocycles. The molecule has 1 aromatic heterocycles. The van der Waals surface area contributed by atoms with Crippen LogP contribution in [0.2, 0.25) is 0 Å². The van der Waals surface area contributed by atoms with Gasteiger partial charge in [-0.2, -0.15) is 5.10 Å². The lowest BCUT2D eigenvalue weighted by atomic mass is 10.2. The lowest BCUT2D eigenvalue weighted by molar-refractivity contribution is 0.388. The van der Waals surface area contributed by atoms with Crippen LogP contribution in [0.5, 0.6) is 11.5 Å². The maximum absolute atomic E-state index is 12.5. The minimum atomic E-state index is -3.84. The van der Waals surface area contributed by atoms with E-state index in [1.807, 2.05) is 17.8 Å². The summed E-state index contributed by atoms with van der Waals surface area (Å²) in [6.07, 6.45) is 2.65. The molecule has 0 saturated heterocycles. The molecule has 23 heavy (non-hydrogen) atoms. The fraction of sp³-hybridized carbons (Fsp3) is 0.400. The van der Waals surface area contributed by atoms with Crippen LogP contribution >= 0.6 is 0 Å². The number of nitrogens with one attached hydrogen (secondary N) is 1. The van der Waals surface area contributed by atoms with Gasteiger partial charge in [-0.15, -0.1) is 0 Å². The van der Waals surface area contributed by atoms with Gasteiger partial charge in [-0.25, -0.2) is 13.1 Å². The van der Waals surface area contributed by atoms with Crippen molar-refractivity contribution in [3.05, 3.63) is 36.2 Å². The molecule has 0 aliphatic heterocycles. The fourth-order valence-electron chi connectivity index (χ4n) is 2.81. The lowest BCUT2D eigenvalue weighted by Gasteiger charge is -2.12. The van der Waals surface area contributed by atoms with E-state index in [0.29, 0.717) is 12.5 Å². The van der Waals surface area contributed by atoms with E-state index in [1.165, 1.54) is 25.3 Å². The number of nitrogens with zero attached hydrogens (tertiary/aromatic N) is 2. The van der Waals surface area contributed by atoms with E-state index in [9.17, 15) is 13.5 Å². The highest BCUT2D eigenvalue weighted by Crippen LogP contribution is 2.47. The summed E-state index contributed by atoms with van der Waals surface area (Å²) >= 11 is 0. The van der Waals surface area contributed by atoms with Gasteiger partial charge in [-0.1, -0.05) is 6.07 Å². The Hall–Kier alpha value is -2.06. The summed E-state index contributed by atoms with van der Waals surface area (Å²) in [5, 5.41) is 14.0. The second-order valence-corrected chi connectivity index (χ2v) is 7.35. The van der Waals surface area contributed by atoms with Crippen molar-refractivity contribution in [3.63, 3.8) is 0 Å². The highest BCUT2D eigenvalue weighted by Gasteiger charge is 2.40. The topological polar surface area (TPSA) is 93.4 Å². The Morgan fingerprint density at radius 1 is 1.43 bits per heavy atom. The van der Waals surface area contributed by atoms with Crippen molar-refractivity contribution in [2.24, 2.45) is 13.0 Å². The molecule has 0 amide bonds. The van der Waals surface area contributed by atoms with Gasteiger partial charge in [0.2, 0.25) is 10.0 Å². The molecular weight excluding hydrogens is 318 g/mol. The maximum Gasteiger partial charge on any atom is 0.247 e. The molecule has 8 heteroatoms. The average molecular weight is 337 g/mol. The van der Waals surface area contributed by atoms with Gasteiger partial charge in [-0.05, 0) is 30.5 Å². The van der Waals surface area contributed by atoms with E-state index in [2.05, 4.69) is 9.82 Å². The normalized spacial score (nSPS) is 20.4. The molecule has 2 N–H and O–H groups in total. The molecule has 3 rings (SSSR count). The second kappa shape index (κ2) is 5.86. The van der Waals surface area contributed by atoms with Crippen LogP contribution in [-0.4, -0.2) is 37.0 Å². The molecule has 2 aromatic rings. The molecule has 2 atom stereocenters. The average Bonchev–Trinajstić information content (AvgIpc) is 3.16. The number of phenolic OH excluding ortho intramolecular Hbond substituents is 1. The number of hydrogen-bond acceptors (Lipinski definition) is 5. The molecule has 1 aliphatic rings. The summed E-state index contributed by atoms with van der Waals surface area (Å²) < 4.78 is 34.3. The zero-order valence-corrected chi connectivity index (χ0v) is 13.7. The smallest absolute Gasteiger partial charge is 0.247 e. The number of aryl methyl sites for hydroxylation is 1. The first-order chi connectivity index (χ1) is 10.9. The quantitative estimate of drug-likeness (QED) is 0.826. The first kappa shape index (κ1) is 15.8. The molecule has 1 saturated carbocycles. The molecule has 0 bridgehead atoms. The molecule has 124 valence electrons. The van der Waals surface area contributed by atoms with Crippen molar-refractivity contribution in [1.29, 1.82) is 0 Å². The minimum Gasteiger partial charge on any atom is -0.506 e. The number of hydrogen-bond donors (Lipinski definition) is 2. The number of phenols is 1. The second-order valence-electron chi connectivity index (χ2n) is 5.64. The summed E-state index contributed by atoms with van der Waals surface area (Å²) in [5.74, 6) is 0.348. The SMILES string of the molecule is COc1cccc(O)c1S(=O)(=O)NC[C@@H]1C[C@H]1c1ccnn1C. The van der Waals surface area contributed by atoms with Gasteiger partial charge in [0.05, 0.1) is 7.11 Å². The predicted molar refractivity (Wildman–Crippen MR) is 83.9 cm³/mol. The van der Waals surface area contributed by atoms with Gasteiger partial charge < -0.3 is 9.84 Å². The van der Waals surface area contributed by atoms with Gasteiger partial charge in [0, 0.05) is 31.4 Å². The maximum atomic E-state index is 12.5. The summed E-state index contributed by atoms with van der Waals surface area (Å²) in [6, 6.07) is 6.31. The Bertz CT molecular complexity index is 816. The number of aromatic hydroxyl groups is 1. The zero-order valence-electron chi connectivity index (χ0n) is 12.9. The molecule has 1 aromatic carbocycles. The highest BCUT2D eigenvalue weighted by atomic mass is 32.2. The van der Waals surface area contributed by atoms with Crippen LogP contribution in [0.15, 0.2) is 35.4 Å². The molecule has 0 spiro atoms. The molecular formula is C15H19N3O4S. The van der Waals surface area contributed by atoms with Gasteiger partial charge in [0.1, 0.15) is 11.5 Å². The molecule has 7 nitrogen and oxygen atoms in total. The minimum absolute atomic E-state index is 0.122. The zero-order chi connectivity index (χ0) is 16.6. The van der Waals surface area contributed by atoms with Crippen LogP contribution in [0.25, 0.3) is 0 Å². The van der Waals surface area contributed by atoms with E-state index < -0.39 is 10.0 Å². The highest BCUT2D eigenvalue weighted by molar-refractivity contribution is 7.89. The third kappa shape index (κ3) is 3.04. The molecule has 0 radical (unpaired) electrons. The van der Waals surface area contributed by atoms with Gasteiger partial charge in [0.15, 0.2) is 4.90 Å². The Labute approximate surface area is 134 Å². The Morgan fingerprint density at radius 2 is 2.22 bits per heavy atom. The summed E-state index contributed by atoms with van der Waals surface area (Å²) in [7, 11) is -0.594. The fourth-order valence-corrected chi connectivity index (χ4v) is 4.14. The van der Waals surface area contributed by atoms with Crippen molar-refractivity contribution in [1.82, 2.24) is 14.5 Å². The van der Waals surface area contributed by atoms with Crippen molar-refractivity contribution in [2.75, 3.05) is 13.7 Å². The van der Waals surface area contributed by atoms with Crippen molar-refractivity contribution in [2.45, 2.75) is 17.2 Å². The Balaban J connectivity index is 1.71. The Morgan fingerprint density at radius 3 is 2.87 bits per heavy atom. The standard InChI is InChI=1S/C15H19N3O4S/c1-18-12(6-7-16-18)11-8-10(11)9-17-23(20,21)15-13(19)4-3-5-14(15)22-2/h3-7,10-11,17,19H,8-9H2,1-2H3/t10-,11+/m0/s1. The van der Waals surface area contributed by atoms with E-state index in [-0.39, 0.29) is 22.3 Å². The van der Waals surface area contributed by atoms with E-state index in [4.69, 9.17) is 4.74 Å². The number of benzene rings is 1. The van der Waals surface area contributed by atoms with Crippen molar-refractivity contribution >= 4 is 10.0 Å². The summed E-state index contributed by atoms with van der Waals surface area (Å²) in [4.78, 5) is -0.222. The van der Waals surface area contributed by atoms with Crippen LogP contribution < -0.4 is 9.46 Å². The van der Waals surface area contributed by atoms with Gasteiger partial charge >= 0.3 is 0 Å². The third-order valence-corrected chi connectivity index (χ3v) is 5.64. The summed E-state index contributed by atoms with van der Waals surface area (Å²) in [6.45, 7) is 0.315. The first-order valence-electron chi connectivity index (χ1n) is 7.27.